The number of nitrogens with zero attached hydrogens (tertiary/aromatic N) is 1. The van der Waals surface area contributed by atoms with Gasteiger partial charge in [0.05, 0.1) is 38.2 Å². The Kier molecular flexibility index (Phi) is 5.63. The van der Waals surface area contributed by atoms with Gasteiger partial charge in [-0.2, -0.15) is 0 Å². The van der Waals surface area contributed by atoms with Crippen LogP contribution in [0.1, 0.15) is 0 Å². The minimum absolute atomic E-state index is 0.154. The third-order valence-corrected chi connectivity index (χ3v) is 5.90. The smallest absolute Gasteiger partial charge is 0.412 e. The molecule has 164 valence electrons. The van der Waals surface area contributed by atoms with Gasteiger partial charge < -0.3 is 29.2 Å². The van der Waals surface area contributed by atoms with Crippen LogP contribution in [0.2, 0.25) is 0 Å². The molecular formula is C22H25N3O6. The lowest BCUT2D eigenvalue weighted by molar-refractivity contribution is 0.00852. The number of amides is 3. The Labute approximate surface area is 179 Å². The van der Waals surface area contributed by atoms with E-state index in [1.807, 2.05) is 42.5 Å². The Morgan fingerprint density at radius 1 is 0.968 bits per heavy atom. The number of hydrogen-bond acceptors (Lipinski definition) is 6. The van der Waals surface area contributed by atoms with Crippen molar-refractivity contribution in [2.45, 2.75) is 24.4 Å². The molecule has 2 aromatic carbocycles. The Balaban J connectivity index is 1.17. The average Bonchev–Trinajstić information content (AvgIpc) is 3.38. The number of ether oxygens (including phenoxy) is 4. The lowest BCUT2D eigenvalue weighted by atomic mass is 10.1. The van der Waals surface area contributed by atoms with Gasteiger partial charge in [0.1, 0.15) is 12.2 Å². The van der Waals surface area contributed by atoms with Crippen molar-refractivity contribution in [2.24, 2.45) is 0 Å². The molecule has 0 radical (unpaired) electrons. The second-order valence-electron chi connectivity index (χ2n) is 7.85. The summed E-state index contributed by atoms with van der Waals surface area (Å²) in [6, 6.07) is 13.1. The van der Waals surface area contributed by atoms with Crippen LogP contribution in [0.4, 0.5) is 15.3 Å². The standard InChI is InChI=1S/C22H25N3O6/c26-21(25-8-10-28-11-9-25)23-17-12-29-20-18(13-30-19(17)20)31-22(27)24-16-7-3-5-14-4-1-2-6-15(14)16/h1-7,17-20H,8-13H2,(H,23,26)(H,24,27)/t17-,18+,19+,20+/m0/s1. The van der Waals surface area contributed by atoms with Crippen molar-refractivity contribution in [3.63, 3.8) is 0 Å². The summed E-state index contributed by atoms with van der Waals surface area (Å²) >= 11 is 0. The van der Waals surface area contributed by atoms with Gasteiger partial charge in [-0.25, -0.2) is 9.59 Å². The summed E-state index contributed by atoms with van der Waals surface area (Å²) in [5.74, 6) is 0. The molecule has 0 bridgehead atoms. The minimum atomic E-state index is -0.560. The number of hydrogen-bond donors (Lipinski definition) is 2. The summed E-state index contributed by atoms with van der Waals surface area (Å²) in [5, 5.41) is 7.76. The van der Waals surface area contributed by atoms with Crippen LogP contribution in [0.3, 0.4) is 0 Å². The van der Waals surface area contributed by atoms with Gasteiger partial charge >= 0.3 is 12.1 Å². The van der Waals surface area contributed by atoms with Crippen LogP contribution in [0.25, 0.3) is 10.8 Å². The molecule has 2 aromatic rings. The Hall–Kier alpha value is -2.88. The molecule has 3 aliphatic heterocycles. The lowest BCUT2D eigenvalue weighted by Gasteiger charge is -2.29. The van der Waals surface area contributed by atoms with Crippen molar-refractivity contribution >= 4 is 28.6 Å². The van der Waals surface area contributed by atoms with E-state index in [9.17, 15) is 9.59 Å². The van der Waals surface area contributed by atoms with Gasteiger partial charge in [0.25, 0.3) is 0 Å². The summed E-state index contributed by atoms with van der Waals surface area (Å²) in [5.41, 5.74) is 0.682. The van der Waals surface area contributed by atoms with Crippen LogP contribution in [-0.2, 0) is 18.9 Å². The highest BCUT2D eigenvalue weighted by atomic mass is 16.6. The van der Waals surface area contributed by atoms with Crippen LogP contribution in [0, 0.1) is 0 Å². The number of rotatable bonds is 3. The van der Waals surface area contributed by atoms with E-state index in [1.54, 1.807) is 4.90 Å². The number of carbonyl (C=O) groups is 2. The van der Waals surface area contributed by atoms with Gasteiger partial charge in [0.2, 0.25) is 0 Å². The molecule has 0 aliphatic carbocycles. The van der Waals surface area contributed by atoms with E-state index in [-0.39, 0.29) is 24.8 Å². The molecule has 5 rings (SSSR count). The summed E-state index contributed by atoms with van der Waals surface area (Å²) in [6.45, 7) is 2.75. The third-order valence-electron chi connectivity index (χ3n) is 5.90. The number of anilines is 1. The predicted octanol–water partition coefficient (Wildman–Crippen LogP) is 1.96. The van der Waals surface area contributed by atoms with E-state index in [1.165, 1.54) is 0 Å². The maximum atomic E-state index is 12.5. The van der Waals surface area contributed by atoms with Crippen molar-refractivity contribution < 1.29 is 28.5 Å². The van der Waals surface area contributed by atoms with E-state index in [0.717, 1.165) is 10.8 Å². The normalized spacial score (nSPS) is 27.7. The summed E-state index contributed by atoms with van der Waals surface area (Å²) in [7, 11) is 0. The zero-order chi connectivity index (χ0) is 21.2. The van der Waals surface area contributed by atoms with Crippen molar-refractivity contribution in [3.05, 3.63) is 42.5 Å². The topological polar surface area (TPSA) is 98.4 Å². The third kappa shape index (κ3) is 4.16. The van der Waals surface area contributed by atoms with Gasteiger partial charge in [0.15, 0.2) is 6.10 Å². The fourth-order valence-corrected chi connectivity index (χ4v) is 4.32. The number of urea groups is 1. The molecule has 4 atom stereocenters. The zero-order valence-electron chi connectivity index (χ0n) is 17.0. The molecule has 2 N–H and O–H groups in total. The quantitative estimate of drug-likeness (QED) is 0.777. The van der Waals surface area contributed by atoms with Crippen LogP contribution in [0.5, 0.6) is 0 Å². The first kappa shape index (κ1) is 20.0. The summed E-state index contributed by atoms with van der Waals surface area (Å²) in [4.78, 5) is 26.7. The zero-order valence-corrected chi connectivity index (χ0v) is 17.0. The minimum Gasteiger partial charge on any atom is -0.441 e. The number of benzene rings is 2. The van der Waals surface area contributed by atoms with Gasteiger partial charge in [-0.05, 0) is 11.5 Å². The molecule has 0 aromatic heterocycles. The number of nitrogens with one attached hydrogen (secondary N) is 2. The Morgan fingerprint density at radius 2 is 1.74 bits per heavy atom. The monoisotopic (exact) mass is 427 g/mol. The molecule has 31 heavy (non-hydrogen) atoms. The Bertz CT molecular complexity index is 958. The molecule has 3 aliphatic rings. The van der Waals surface area contributed by atoms with Crippen LogP contribution in [-0.4, -0.2) is 80.9 Å². The summed E-state index contributed by atoms with van der Waals surface area (Å²) in [6.07, 6.45) is -1.85. The van der Waals surface area contributed by atoms with E-state index >= 15 is 0 Å². The maximum absolute atomic E-state index is 12.5. The molecular weight excluding hydrogens is 402 g/mol. The van der Waals surface area contributed by atoms with Crippen molar-refractivity contribution in [2.75, 3.05) is 44.8 Å². The van der Waals surface area contributed by atoms with E-state index in [0.29, 0.717) is 38.6 Å². The predicted molar refractivity (Wildman–Crippen MR) is 112 cm³/mol. The first-order valence-electron chi connectivity index (χ1n) is 10.5. The lowest BCUT2D eigenvalue weighted by Crippen LogP contribution is -2.52. The molecule has 3 fully saturated rings. The van der Waals surface area contributed by atoms with E-state index < -0.39 is 18.3 Å². The number of carbonyl (C=O) groups excluding carboxylic acids is 2. The first-order valence-corrected chi connectivity index (χ1v) is 10.5. The van der Waals surface area contributed by atoms with Crippen LogP contribution in [0.15, 0.2) is 42.5 Å². The SMILES string of the molecule is O=C(Nc1cccc2ccccc12)O[C@@H]1CO[C@H]2[C@@H]1OC[C@@H]2NC(=O)N1CCOCC1. The molecule has 9 nitrogen and oxygen atoms in total. The highest BCUT2D eigenvalue weighted by Crippen LogP contribution is 2.30. The molecule has 0 unspecified atom stereocenters. The second kappa shape index (κ2) is 8.70. The molecule has 3 heterocycles. The average molecular weight is 427 g/mol. The number of fused-ring (bicyclic) bond motifs is 2. The van der Waals surface area contributed by atoms with Crippen LogP contribution >= 0.6 is 0 Å². The fraction of sp³-hybridized carbons (Fsp3) is 0.455. The largest absolute Gasteiger partial charge is 0.441 e. The van der Waals surface area contributed by atoms with Crippen molar-refractivity contribution in [1.82, 2.24) is 10.2 Å². The highest BCUT2D eigenvalue weighted by molar-refractivity contribution is 6.00. The molecule has 0 saturated carbocycles. The highest BCUT2D eigenvalue weighted by Gasteiger charge is 2.50. The van der Waals surface area contributed by atoms with E-state index in [2.05, 4.69) is 10.6 Å². The number of morpholine rings is 1. The van der Waals surface area contributed by atoms with E-state index in [4.69, 9.17) is 18.9 Å². The van der Waals surface area contributed by atoms with Gasteiger partial charge in [-0.3, -0.25) is 5.32 Å². The van der Waals surface area contributed by atoms with Gasteiger partial charge in [0, 0.05) is 18.5 Å². The Morgan fingerprint density at radius 3 is 2.61 bits per heavy atom. The fourth-order valence-electron chi connectivity index (χ4n) is 4.32. The maximum Gasteiger partial charge on any atom is 0.412 e. The first-order chi connectivity index (χ1) is 15.2. The molecule has 0 spiro atoms. The molecule has 3 saturated heterocycles. The van der Waals surface area contributed by atoms with Crippen molar-refractivity contribution in [3.8, 4) is 0 Å². The molecule has 9 heteroatoms. The van der Waals surface area contributed by atoms with Crippen molar-refractivity contribution in [1.29, 1.82) is 0 Å². The van der Waals surface area contributed by atoms with Gasteiger partial charge in [-0.1, -0.05) is 36.4 Å². The molecule has 3 amide bonds. The second-order valence-corrected chi connectivity index (χ2v) is 7.85. The van der Waals surface area contributed by atoms with Crippen LogP contribution < -0.4 is 10.6 Å². The van der Waals surface area contributed by atoms with Gasteiger partial charge in [-0.15, -0.1) is 0 Å². The summed E-state index contributed by atoms with van der Waals surface area (Å²) < 4.78 is 22.5.